The van der Waals surface area contributed by atoms with Gasteiger partial charge >= 0.3 is 0 Å². The maximum atomic E-state index is 12.1. The van der Waals surface area contributed by atoms with E-state index in [0.717, 1.165) is 0 Å². The molecule has 2 N–H and O–H groups in total. The maximum Gasteiger partial charge on any atom is 0.275 e. The first-order chi connectivity index (χ1) is 9.81. The monoisotopic (exact) mass is 267 g/mol. The summed E-state index contributed by atoms with van der Waals surface area (Å²) in [5, 5.41) is 11.4. The Kier molecular flexibility index (Phi) is 4.81. The van der Waals surface area contributed by atoms with E-state index >= 15 is 0 Å². The van der Waals surface area contributed by atoms with Crippen LogP contribution in [0.2, 0.25) is 0 Å². The highest BCUT2D eigenvalue weighted by molar-refractivity contribution is 6.04. The number of aliphatic hydroxyl groups excluding tert-OH is 1. The molecule has 2 aromatic rings. The molecule has 100 valence electrons. The minimum atomic E-state index is -0.341. The van der Waals surface area contributed by atoms with Crippen LogP contribution < -0.4 is 5.32 Å². The Hall–Kier alpha value is -2.71. The number of aromatic nitrogens is 2. The molecule has 0 saturated heterocycles. The molecule has 0 radical (unpaired) electrons. The minimum Gasteiger partial charge on any atom is -0.395 e. The SMILES string of the molecule is O=C(Nc1cccnc1)c1ncccc1C#CCCO. The number of anilines is 1. The molecule has 0 aromatic carbocycles. The molecule has 0 aliphatic carbocycles. The first-order valence-electron chi connectivity index (χ1n) is 6.07. The third-order valence-electron chi connectivity index (χ3n) is 2.40. The van der Waals surface area contributed by atoms with Gasteiger partial charge in [-0.05, 0) is 24.3 Å². The zero-order chi connectivity index (χ0) is 14.2. The van der Waals surface area contributed by atoms with Crippen molar-refractivity contribution < 1.29 is 9.90 Å². The lowest BCUT2D eigenvalue weighted by Gasteiger charge is -2.05. The van der Waals surface area contributed by atoms with Gasteiger partial charge in [-0.3, -0.25) is 9.78 Å². The molecule has 1 amide bonds. The summed E-state index contributed by atoms with van der Waals surface area (Å²) in [6.07, 6.45) is 5.08. The van der Waals surface area contributed by atoms with Crippen LogP contribution in [0.5, 0.6) is 0 Å². The Balaban J connectivity index is 2.20. The molecule has 5 heteroatoms. The Bertz CT molecular complexity index is 645. The number of nitrogens with zero attached hydrogens (tertiary/aromatic N) is 2. The van der Waals surface area contributed by atoms with Crippen LogP contribution in [0.3, 0.4) is 0 Å². The fraction of sp³-hybridized carbons (Fsp3) is 0.133. The zero-order valence-electron chi connectivity index (χ0n) is 10.7. The average Bonchev–Trinajstić information content (AvgIpc) is 2.49. The highest BCUT2D eigenvalue weighted by Crippen LogP contribution is 2.09. The van der Waals surface area contributed by atoms with Crippen molar-refractivity contribution >= 4 is 11.6 Å². The second-order valence-electron chi connectivity index (χ2n) is 3.87. The first-order valence-corrected chi connectivity index (χ1v) is 6.07. The molecule has 0 atom stereocenters. The number of hydrogen-bond acceptors (Lipinski definition) is 4. The van der Waals surface area contributed by atoms with Crippen molar-refractivity contribution in [3.63, 3.8) is 0 Å². The predicted octanol–water partition coefficient (Wildman–Crippen LogP) is 1.46. The van der Waals surface area contributed by atoms with Crippen LogP contribution in [0.1, 0.15) is 22.5 Å². The lowest BCUT2D eigenvalue weighted by atomic mass is 10.2. The summed E-state index contributed by atoms with van der Waals surface area (Å²) in [6, 6.07) is 6.90. The molecule has 0 fully saturated rings. The largest absolute Gasteiger partial charge is 0.395 e. The highest BCUT2D eigenvalue weighted by Gasteiger charge is 2.11. The number of pyridine rings is 2. The van der Waals surface area contributed by atoms with E-state index in [9.17, 15) is 4.79 Å². The van der Waals surface area contributed by atoms with E-state index in [1.165, 1.54) is 6.20 Å². The third-order valence-corrected chi connectivity index (χ3v) is 2.40. The van der Waals surface area contributed by atoms with Crippen LogP contribution in [-0.2, 0) is 0 Å². The normalized spacial score (nSPS) is 9.45. The minimum absolute atomic E-state index is 0.00945. The molecule has 20 heavy (non-hydrogen) atoms. The second kappa shape index (κ2) is 7.02. The van der Waals surface area contributed by atoms with Crippen LogP contribution in [-0.4, -0.2) is 27.6 Å². The summed E-state index contributed by atoms with van der Waals surface area (Å²) >= 11 is 0. The van der Waals surface area contributed by atoms with Crippen molar-refractivity contribution in [2.75, 3.05) is 11.9 Å². The maximum absolute atomic E-state index is 12.1. The van der Waals surface area contributed by atoms with Crippen molar-refractivity contribution in [2.45, 2.75) is 6.42 Å². The van der Waals surface area contributed by atoms with Gasteiger partial charge in [-0.1, -0.05) is 11.8 Å². The number of carbonyl (C=O) groups excluding carboxylic acids is 1. The van der Waals surface area contributed by atoms with Crippen LogP contribution in [0, 0.1) is 11.8 Å². The van der Waals surface area contributed by atoms with Gasteiger partial charge in [0.15, 0.2) is 0 Å². The average molecular weight is 267 g/mol. The molecule has 0 saturated carbocycles. The Morgan fingerprint density at radius 3 is 2.90 bits per heavy atom. The van der Waals surface area contributed by atoms with E-state index < -0.39 is 0 Å². The Labute approximate surface area is 116 Å². The van der Waals surface area contributed by atoms with E-state index in [1.54, 1.807) is 36.7 Å². The zero-order valence-corrected chi connectivity index (χ0v) is 10.7. The number of aliphatic hydroxyl groups is 1. The van der Waals surface area contributed by atoms with Gasteiger partial charge in [0.05, 0.1) is 24.1 Å². The Morgan fingerprint density at radius 1 is 1.30 bits per heavy atom. The second-order valence-corrected chi connectivity index (χ2v) is 3.87. The molecular weight excluding hydrogens is 254 g/mol. The molecule has 5 nitrogen and oxygen atoms in total. The van der Waals surface area contributed by atoms with Crippen LogP contribution in [0.15, 0.2) is 42.9 Å². The van der Waals surface area contributed by atoms with Gasteiger partial charge in [0, 0.05) is 18.8 Å². The summed E-state index contributed by atoms with van der Waals surface area (Å²) in [4.78, 5) is 20.1. The first kappa shape index (κ1) is 13.7. The molecule has 0 bridgehead atoms. The van der Waals surface area contributed by atoms with Gasteiger partial charge in [-0.2, -0.15) is 0 Å². The van der Waals surface area contributed by atoms with E-state index in [4.69, 9.17) is 5.11 Å². The molecule has 0 unspecified atom stereocenters. The van der Waals surface area contributed by atoms with Gasteiger partial charge in [-0.25, -0.2) is 4.98 Å². The fourth-order valence-corrected chi connectivity index (χ4v) is 1.53. The lowest BCUT2D eigenvalue weighted by molar-refractivity contribution is 0.102. The third kappa shape index (κ3) is 3.64. The van der Waals surface area contributed by atoms with Gasteiger partial charge in [0.2, 0.25) is 0 Å². The van der Waals surface area contributed by atoms with E-state index in [2.05, 4.69) is 27.1 Å². The number of nitrogens with one attached hydrogen (secondary N) is 1. The van der Waals surface area contributed by atoms with Crippen molar-refractivity contribution in [3.8, 4) is 11.8 Å². The van der Waals surface area contributed by atoms with Gasteiger partial charge < -0.3 is 10.4 Å². The molecule has 2 heterocycles. The summed E-state index contributed by atoms with van der Waals surface area (Å²) in [5.41, 5.74) is 1.38. The van der Waals surface area contributed by atoms with Crippen molar-refractivity contribution in [2.24, 2.45) is 0 Å². The fourth-order valence-electron chi connectivity index (χ4n) is 1.53. The summed E-state index contributed by atoms with van der Waals surface area (Å²) in [5.74, 6) is 5.27. The molecule has 0 aliphatic rings. The highest BCUT2D eigenvalue weighted by atomic mass is 16.2. The summed E-state index contributed by atoms with van der Waals surface area (Å²) in [6.45, 7) is -0.00945. The standard InChI is InChI=1S/C15H13N3O2/c19-10-2-1-5-12-6-3-9-17-14(12)15(20)18-13-7-4-8-16-11-13/h3-4,6-9,11,19H,2,10H2,(H,18,20). The van der Waals surface area contributed by atoms with Crippen LogP contribution >= 0.6 is 0 Å². The van der Waals surface area contributed by atoms with Crippen LogP contribution in [0.4, 0.5) is 5.69 Å². The van der Waals surface area contributed by atoms with E-state index in [1.807, 2.05) is 0 Å². The van der Waals surface area contributed by atoms with Gasteiger partial charge in [0.1, 0.15) is 5.69 Å². The van der Waals surface area contributed by atoms with E-state index in [0.29, 0.717) is 17.7 Å². The van der Waals surface area contributed by atoms with Gasteiger partial charge in [0.25, 0.3) is 5.91 Å². The molecular formula is C15H13N3O2. The molecule has 2 aromatic heterocycles. The quantitative estimate of drug-likeness (QED) is 0.826. The van der Waals surface area contributed by atoms with Crippen LogP contribution in [0.25, 0.3) is 0 Å². The van der Waals surface area contributed by atoms with E-state index in [-0.39, 0.29) is 18.2 Å². The predicted molar refractivity (Wildman–Crippen MR) is 75.0 cm³/mol. The lowest BCUT2D eigenvalue weighted by Crippen LogP contribution is -2.15. The summed E-state index contributed by atoms with van der Waals surface area (Å²) < 4.78 is 0. The van der Waals surface area contributed by atoms with Crippen molar-refractivity contribution in [1.82, 2.24) is 9.97 Å². The number of rotatable bonds is 3. The molecule has 2 rings (SSSR count). The van der Waals surface area contributed by atoms with Crippen molar-refractivity contribution in [1.29, 1.82) is 0 Å². The number of hydrogen-bond donors (Lipinski definition) is 2. The smallest absolute Gasteiger partial charge is 0.275 e. The topological polar surface area (TPSA) is 75.1 Å². The number of amides is 1. The molecule has 0 spiro atoms. The molecule has 0 aliphatic heterocycles. The summed E-state index contributed by atoms with van der Waals surface area (Å²) in [7, 11) is 0. The Morgan fingerprint density at radius 2 is 2.15 bits per heavy atom. The van der Waals surface area contributed by atoms with Gasteiger partial charge in [-0.15, -0.1) is 0 Å². The van der Waals surface area contributed by atoms with Crippen molar-refractivity contribution in [3.05, 3.63) is 54.1 Å². The number of carbonyl (C=O) groups is 1.